The van der Waals surface area contributed by atoms with E-state index in [4.69, 9.17) is 5.11 Å². The summed E-state index contributed by atoms with van der Waals surface area (Å²) in [6.07, 6.45) is 3.27. The Morgan fingerprint density at radius 2 is 2.33 bits per heavy atom. The van der Waals surface area contributed by atoms with Gasteiger partial charge in [-0.3, -0.25) is 4.98 Å². The molecule has 0 bridgehead atoms. The van der Waals surface area contributed by atoms with Crippen LogP contribution in [0.25, 0.3) is 6.08 Å². The maximum absolute atomic E-state index is 12.3. The number of carboxylic acid groups (broad SMARTS) is 1. The van der Waals surface area contributed by atoms with E-state index in [-0.39, 0.29) is 0 Å². The number of pyridine rings is 1. The molecule has 1 rings (SSSR count). The second-order valence-corrected chi connectivity index (χ2v) is 2.07. The van der Waals surface area contributed by atoms with Crippen molar-refractivity contribution in [1.82, 2.24) is 4.98 Å². The molecule has 3 nitrogen and oxygen atoms in total. The lowest BCUT2D eigenvalue weighted by molar-refractivity contribution is -0.131. The van der Waals surface area contributed by atoms with Gasteiger partial charge in [0, 0.05) is 6.08 Å². The van der Waals surface area contributed by atoms with Gasteiger partial charge in [0.15, 0.2) is 0 Å². The van der Waals surface area contributed by atoms with Crippen LogP contribution in [0.5, 0.6) is 0 Å². The van der Waals surface area contributed by atoms with Crippen LogP contribution in [0.4, 0.5) is 4.39 Å². The zero-order chi connectivity index (χ0) is 8.97. The van der Waals surface area contributed by atoms with Crippen molar-refractivity contribution in [3.63, 3.8) is 0 Å². The van der Waals surface area contributed by atoms with Crippen LogP contribution < -0.4 is 0 Å². The van der Waals surface area contributed by atoms with Crippen molar-refractivity contribution in [2.75, 3.05) is 0 Å². The van der Waals surface area contributed by atoms with Gasteiger partial charge in [-0.25, -0.2) is 9.18 Å². The van der Waals surface area contributed by atoms with Crippen molar-refractivity contribution in [1.29, 1.82) is 0 Å². The standard InChI is InChI=1S/C8H6FNO2/c9-6-1-2-7(10-5-6)3-4-8(11)12/h1-5H,(H,11,12)/b4-3+. The van der Waals surface area contributed by atoms with Crippen molar-refractivity contribution < 1.29 is 14.3 Å². The average Bonchev–Trinajstić information content (AvgIpc) is 2.03. The van der Waals surface area contributed by atoms with Crippen LogP contribution in [-0.2, 0) is 4.79 Å². The maximum atomic E-state index is 12.3. The fourth-order valence-electron chi connectivity index (χ4n) is 0.643. The fourth-order valence-corrected chi connectivity index (χ4v) is 0.643. The number of carboxylic acids is 1. The molecule has 4 heteroatoms. The van der Waals surface area contributed by atoms with E-state index in [0.29, 0.717) is 5.69 Å². The van der Waals surface area contributed by atoms with E-state index >= 15 is 0 Å². The number of aromatic nitrogens is 1. The van der Waals surface area contributed by atoms with Crippen LogP contribution >= 0.6 is 0 Å². The summed E-state index contributed by atoms with van der Waals surface area (Å²) in [7, 11) is 0. The van der Waals surface area contributed by atoms with E-state index in [1.807, 2.05) is 0 Å². The van der Waals surface area contributed by atoms with Crippen LogP contribution in [0.2, 0.25) is 0 Å². The summed E-state index contributed by atoms with van der Waals surface area (Å²) >= 11 is 0. The highest BCUT2D eigenvalue weighted by Gasteiger charge is 1.91. The molecule has 0 aromatic carbocycles. The summed E-state index contributed by atoms with van der Waals surface area (Å²) in [5.41, 5.74) is 0.416. The maximum Gasteiger partial charge on any atom is 0.328 e. The number of hydrogen-bond donors (Lipinski definition) is 1. The van der Waals surface area contributed by atoms with Gasteiger partial charge in [0.05, 0.1) is 11.9 Å². The number of halogens is 1. The molecule has 1 heterocycles. The summed E-state index contributed by atoms with van der Waals surface area (Å²) in [5, 5.41) is 8.24. The van der Waals surface area contributed by atoms with E-state index in [9.17, 15) is 9.18 Å². The third-order valence-corrected chi connectivity index (χ3v) is 1.15. The molecule has 0 aliphatic heterocycles. The zero-order valence-electron chi connectivity index (χ0n) is 6.07. The molecule has 12 heavy (non-hydrogen) atoms. The molecule has 0 unspecified atom stereocenters. The topological polar surface area (TPSA) is 50.2 Å². The SMILES string of the molecule is O=C(O)/C=C/c1ccc(F)cn1. The third-order valence-electron chi connectivity index (χ3n) is 1.15. The molecule has 0 saturated carbocycles. The highest BCUT2D eigenvalue weighted by molar-refractivity contribution is 5.84. The number of nitrogens with zero attached hydrogens (tertiary/aromatic N) is 1. The molecule has 1 N–H and O–H groups in total. The van der Waals surface area contributed by atoms with Crippen LogP contribution in [0.3, 0.4) is 0 Å². The zero-order valence-corrected chi connectivity index (χ0v) is 6.07. The minimum Gasteiger partial charge on any atom is -0.478 e. The Balaban J connectivity index is 2.77. The molecule has 0 spiro atoms. The van der Waals surface area contributed by atoms with Crippen molar-refractivity contribution in [2.45, 2.75) is 0 Å². The Hall–Kier alpha value is -1.71. The molecule has 0 radical (unpaired) electrons. The largest absolute Gasteiger partial charge is 0.478 e. The molecule has 1 aromatic heterocycles. The first-order chi connectivity index (χ1) is 5.68. The monoisotopic (exact) mass is 167 g/mol. The smallest absolute Gasteiger partial charge is 0.328 e. The summed E-state index contributed by atoms with van der Waals surface area (Å²) in [6.45, 7) is 0. The van der Waals surface area contributed by atoms with E-state index in [2.05, 4.69) is 4.98 Å². The molecule has 62 valence electrons. The quantitative estimate of drug-likeness (QED) is 0.676. The molecule has 0 fully saturated rings. The Morgan fingerprint density at radius 3 is 2.83 bits per heavy atom. The Kier molecular flexibility index (Phi) is 2.53. The molecule has 0 aliphatic carbocycles. The van der Waals surface area contributed by atoms with Gasteiger partial charge in [0.2, 0.25) is 0 Å². The molecule has 1 aromatic rings. The third kappa shape index (κ3) is 2.49. The predicted molar refractivity (Wildman–Crippen MR) is 40.9 cm³/mol. The lowest BCUT2D eigenvalue weighted by Gasteiger charge is -1.89. The molecular formula is C8H6FNO2. The van der Waals surface area contributed by atoms with Gasteiger partial charge in [0.25, 0.3) is 0 Å². The Bertz CT molecular complexity index is 305. The molecule has 0 atom stereocenters. The minimum absolute atomic E-state index is 0.416. The van der Waals surface area contributed by atoms with Crippen LogP contribution in [0, 0.1) is 5.82 Å². The van der Waals surface area contributed by atoms with E-state index in [1.54, 1.807) is 0 Å². The molecule has 0 saturated heterocycles. The molecule has 0 amide bonds. The van der Waals surface area contributed by atoms with E-state index < -0.39 is 11.8 Å². The van der Waals surface area contributed by atoms with Gasteiger partial charge < -0.3 is 5.11 Å². The molecular weight excluding hydrogens is 161 g/mol. The molecule has 0 aliphatic rings. The Morgan fingerprint density at radius 1 is 1.58 bits per heavy atom. The van der Waals surface area contributed by atoms with Gasteiger partial charge in [-0.1, -0.05) is 0 Å². The van der Waals surface area contributed by atoms with Gasteiger partial charge in [-0.15, -0.1) is 0 Å². The first-order valence-electron chi connectivity index (χ1n) is 3.21. The summed E-state index contributed by atoms with van der Waals surface area (Å²) in [6, 6.07) is 2.61. The van der Waals surface area contributed by atoms with Gasteiger partial charge in [-0.2, -0.15) is 0 Å². The average molecular weight is 167 g/mol. The van der Waals surface area contributed by atoms with Gasteiger partial charge >= 0.3 is 5.97 Å². The highest BCUT2D eigenvalue weighted by Crippen LogP contribution is 1.99. The second kappa shape index (κ2) is 3.61. The Labute approximate surface area is 68.2 Å². The van der Waals surface area contributed by atoms with Gasteiger partial charge in [0.1, 0.15) is 5.82 Å². The van der Waals surface area contributed by atoms with Crippen LogP contribution in [0.15, 0.2) is 24.4 Å². The van der Waals surface area contributed by atoms with E-state index in [0.717, 1.165) is 12.3 Å². The second-order valence-electron chi connectivity index (χ2n) is 2.07. The highest BCUT2D eigenvalue weighted by atomic mass is 19.1. The number of carbonyl (C=O) groups is 1. The minimum atomic E-state index is -1.05. The van der Waals surface area contributed by atoms with Crippen molar-refractivity contribution >= 4 is 12.0 Å². The lowest BCUT2D eigenvalue weighted by Crippen LogP contribution is -1.87. The lowest BCUT2D eigenvalue weighted by atomic mass is 10.3. The number of rotatable bonds is 2. The summed E-state index contributed by atoms with van der Waals surface area (Å²) in [5.74, 6) is -1.50. The summed E-state index contributed by atoms with van der Waals surface area (Å²) in [4.78, 5) is 13.7. The van der Waals surface area contributed by atoms with Gasteiger partial charge in [-0.05, 0) is 18.2 Å². The first-order valence-corrected chi connectivity index (χ1v) is 3.21. The number of hydrogen-bond acceptors (Lipinski definition) is 2. The van der Waals surface area contributed by atoms with Crippen molar-refractivity contribution in [3.05, 3.63) is 35.9 Å². The predicted octanol–water partition coefficient (Wildman–Crippen LogP) is 1.32. The van der Waals surface area contributed by atoms with Crippen molar-refractivity contribution in [3.8, 4) is 0 Å². The summed E-state index contributed by atoms with van der Waals surface area (Å²) < 4.78 is 12.3. The fraction of sp³-hybridized carbons (Fsp3) is 0. The normalized spacial score (nSPS) is 10.4. The van der Waals surface area contributed by atoms with Crippen LogP contribution in [0.1, 0.15) is 5.69 Å². The van der Waals surface area contributed by atoms with E-state index in [1.165, 1.54) is 18.2 Å². The number of aliphatic carboxylic acids is 1. The van der Waals surface area contributed by atoms with Crippen molar-refractivity contribution in [2.24, 2.45) is 0 Å². The van der Waals surface area contributed by atoms with Crippen LogP contribution in [-0.4, -0.2) is 16.1 Å². The first kappa shape index (κ1) is 8.39.